The van der Waals surface area contributed by atoms with Crippen molar-refractivity contribution in [3.63, 3.8) is 0 Å². The maximum atomic E-state index is 13.1. The summed E-state index contributed by atoms with van der Waals surface area (Å²) in [6, 6.07) is -6.86. The molecule has 0 bridgehead atoms. The lowest BCUT2D eigenvalue weighted by Gasteiger charge is -2.27. The molecule has 8 amide bonds. The zero-order chi connectivity index (χ0) is 33.4. The van der Waals surface area contributed by atoms with E-state index in [1.807, 2.05) is 0 Å². The number of carboxylic acids is 1. The number of carbonyl (C=O) groups excluding carboxylic acids is 8. The van der Waals surface area contributed by atoms with Crippen molar-refractivity contribution in [3.8, 4) is 0 Å². The first-order valence-corrected chi connectivity index (χ1v) is 13.2. The highest BCUT2D eigenvalue weighted by Gasteiger charge is 2.32. The molecule has 0 aromatic rings. The van der Waals surface area contributed by atoms with Crippen LogP contribution in [0, 0.1) is 5.92 Å². The van der Waals surface area contributed by atoms with Gasteiger partial charge < -0.3 is 54.6 Å². The molecule has 0 aromatic heterocycles. The maximum Gasteiger partial charge on any atom is 0.303 e. The molecular weight excluding hydrogens is 574 g/mol. The van der Waals surface area contributed by atoms with Crippen molar-refractivity contribution >= 4 is 53.2 Å². The molecule has 19 heteroatoms. The lowest BCUT2D eigenvalue weighted by atomic mass is 10.0. The SMILES string of the molecule is CC(C)[C@H](NC(=O)[C@H](CCC(N)=O)NC(=O)[C@H](CC(N)=O)NC(=O)[C@H](C)NC(=O)[C@@H](N)CCC(=O)O)C(=O)NCC(N)=O. The predicted molar refractivity (Wildman–Crippen MR) is 148 cm³/mol. The van der Waals surface area contributed by atoms with E-state index in [0.29, 0.717) is 0 Å². The number of primary amides is 3. The van der Waals surface area contributed by atoms with E-state index in [2.05, 4.69) is 26.6 Å². The van der Waals surface area contributed by atoms with E-state index in [0.717, 1.165) is 0 Å². The average molecular weight is 616 g/mol. The Balaban J connectivity index is 5.72. The largest absolute Gasteiger partial charge is 0.481 e. The number of carbonyl (C=O) groups is 9. The molecule has 0 saturated heterocycles. The van der Waals surface area contributed by atoms with Crippen molar-refractivity contribution in [2.75, 3.05) is 6.54 Å². The van der Waals surface area contributed by atoms with E-state index in [-0.39, 0.29) is 19.3 Å². The number of carboxylic acid groups (broad SMARTS) is 1. The van der Waals surface area contributed by atoms with E-state index < -0.39 is 109 Å². The molecule has 0 aromatic carbocycles. The van der Waals surface area contributed by atoms with Crippen LogP contribution in [-0.4, -0.2) is 95.1 Å². The summed E-state index contributed by atoms with van der Waals surface area (Å²) in [7, 11) is 0. The van der Waals surface area contributed by atoms with Gasteiger partial charge in [0.2, 0.25) is 47.3 Å². The summed E-state index contributed by atoms with van der Waals surface area (Å²) in [5, 5.41) is 20.1. The van der Waals surface area contributed by atoms with Crippen LogP contribution in [0.5, 0.6) is 0 Å². The minimum atomic E-state index is -1.64. The average Bonchev–Trinajstić information content (AvgIpc) is 2.89. The second-order valence-electron chi connectivity index (χ2n) is 9.98. The van der Waals surface area contributed by atoms with Gasteiger partial charge in [0.25, 0.3) is 0 Å². The molecule has 0 unspecified atom stereocenters. The Labute approximate surface area is 246 Å². The summed E-state index contributed by atoms with van der Waals surface area (Å²) >= 11 is 0. The van der Waals surface area contributed by atoms with E-state index in [4.69, 9.17) is 28.0 Å². The molecule has 0 rings (SSSR count). The van der Waals surface area contributed by atoms with Crippen molar-refractivity contribution in [2.24, 2.45) is 28.9 Å². The van der Waals surface area contributed by atoms with Crippen molar-refractivity contribution in [3.05, 3.63) is 0 Å². The van der Waals surface area contributed by atoms with Gasteiger partial charge in [0, 0.05) is 12.8 Å². The summed E-state index contributed by atoms with van der Waals surface area (Å²) in [4.78, 5) is 108. The molecule has 0 aliphatic rings. The Morgan fingerprint density at radius 1 is 0.628 bits per heavy atom. The number of aliphatic carboxylic acids is 1. The van der Waals surface area contributed by atoms with Crippen LogP contribution in [0.1, 0.15) is 52.9 Å². The lowest BCUT2D eigenvalue weighted by Crippen LogP contribution is -2.59. The monoisotopic (exact) mass is 615 g/mol. The van der Waals surface area contributed by atoms with Crippen molar-refractivity contribution in [2.45, 2.75) is 83.1 Å². The van der Waals surface area contributed by atoms with Crippen LogP contribution in [0.25, 0.3) is 0 Å². The molecule has 0 spiro atoms. The third kappa shape index (κ3) is 15.7. The number of nitrogens with one attached hydrogen (secondary N) is 5. The van der Waals surface area contributed by atoms with Crippen LogP contribution < -0.4 is 49.5 Å². The summed E-state index contributed by atoms with van der Waals surface area (Å²) in [5.41, 5.74) is 21.0. The highest BCUT2D eigenvalue weighted by Crippen LogP contribution is 2.06. The standard InChI is InChI=1S/C24H41N9O10/c1-10(2)19(24(43)29-9-17(28)36)33-22(41)13(5-6-15(26)34)31-23(42)14(8-16(27)35)32-20(39)11(3)30-21(40)12(25)4-7-18(37)38/h10-14,19H,4-9,25H2,1-3H3,(H2,26,34)(H2,27,35)(H2,28,36)(H,29,43)(H,30,40)(H,31,42)(H,32,39)(H,33,41)(H,37,38)/t11-,12-,13-,14-,19-/m0/s1. The van der Waals surface area contributed by atoms with Gasteiger partial charge in [-0.25, -0.2) is 0 Å². The predicted octanol–water partition coefficient (Wildman–Crippen LogP) is -5.46. The molecule has 242 valence electrons. The smallest absolute Gasteiger partial charge is 0.303 e. The fourth-order valence-corrected chi connectivity index (χ4v) is 3.40. The second kappa shape index (κ2) is 18.6. The third-order valence-corrected chi connectivity index (χ3v) is 5.79. The van der Waals surface area contributed by atoms with E-state index in [1.165, 1.54) is 6.92 Å². The highest BCUT2D eigenvalue weighted by molar-refractivity contribution is 5.97. The first-order chi connectivity index (χ1) is 19.8. The second-order valence-corrected chi connectivity index (χ2v) is 9.98. The molecule has 0 radical (unpaired) electrons. The number of hydrogen-bond donors (Lipinski definition) is 10. The van der Waals surface area contributed by atoms with Crippen molar-refractivity contribution < 1.29 is 48.3 Å². The topological polar surface area (TPSA) is 338 Å². The molecule has 14 N–H and O–H groups in total. The Morgan fingerprint density at radius 2 is 1.19 bits per heavy atom. The molecule has 0 saturated carbocycles. The first kappa shape index (κ1) is 38.2. The number of hydrogen-bond acceptors (Lipinski definition) is 10. The van der Waals surface area contributed by atoms with Gasteiger partial charge in [-0.15, -0.1) is 0 Å². The molecule has 0 aliphatic carbocycles. The van der Waals surface area contributed by atoms with Gasteiger partial charge in [0.05, 0.1) is 19.0 Å². The zero-order valence-electron chi connectivity index (χ0n) is 24.1. The van der Waals surface area contributed by atoms with Crippen LogP contribution in [-0.2, 0) is 43.2 Å². The minimum absolute atomic E-state index is 0.207. The highest BCUT2D eigenvalue weighted by atomic mass is 16.4. The van der Waals surface area contributed by atoms with E-state index in [1.54, 1.807) is 13.8 Å². The summed E-state index contributed by atoms with van der Waals surface area (Å²) < 4.78 is 0. The fourth-order valence-electron chi connectivity index (χ4n) is 3.40. The Bertz CT molecular complexity index is 1080. The molecule has 5 atom stereocenters. The zero-order valence-corrected chi connectivity index (χ0v) is 24.1. The van der Waals surface area contributed by atoms with Crippen LogP contribution in [0.4, 0.5) is 0 Å². The fraction of sp³-hybridized carbons (Fsp3) is 0.625. The Hall–Kier alpha value is -4.81. The summed E-state index contributed by atoms with van der Waals surface area (Å²) in [6.07, 6.45) is -2.04. The van der Waals surface area contributed by atoms with Crippen LogP contribution in [0.15, 0.2) is 0 Å². The number of rotatable bonds is 20. The van der Waals surface area contributed by atoms with Gasteiger partial charge >= 0.3 is 5.97 Å². The number of nitrogens with two attached hydrogens (primary N) is 4. The molecule has 19 nitrogen and oxygen atoms in total. The van der Waals surface area contributed by atoms with Crippen LogP contribution in [0.3, 0.4) is 0 Å². The molecule has 0 aliphatic heterocycles. The van der Waals surface area contributed by atoms with Crippen LogP contribution >= 0.6 is 0 Å². The molecule has 43 heavy (non-hydrogen) atoms. The van der Waals surface area contributed by atoms with Crippen LogP contribution in [0.2, 0.25) is 0 Å². The molecule has 0 heterocycles. The maximum absolute atomic E-state index is 13.1. The van der Waals surface area contributed by atoms with Gasteiger partial charge in [-0.2, -0.15) is 0 Å². The van der Waals surface area contributed by atoms with E-state index >= 15 is 0 Å². The molecular formula is C24H41N9O10. The van der Waals surface area contributed by atoms with Gasteiger partial charge in [0.15, 0.2) is 0 Å². The minimum Gasteiger partial charge on any atom is -0.481 e. The lowest BCUT2D eigenvalue weighted by molar-refractivity contribution is -0.138. The van der Waals surface area contributed by atoms with Crippen molar-refractivity contribution in [1.29, 1.82) is 0 Å². The number of amides is 8. The summed E-state index contributed by atoms with van der Waals surface area (Å²) in [5.74, 6) is -8.90. The van der Waals surface area contributed by atoms with Gasteiger partial charge in [-0.1, -0.05) is 13.8 Å². The van der Waals surface area contributed by atoms with E-state index in [9.17, 15) is 43.2 Å². The normalized spacial score (nSPS) is 14.2. The van der Waals surface area contributed by atoms with Gasteiger partial charge in [-0.05, 0) is 25.7 Å². The molecule has 0 fully saturated rings. The van der Waals surface area contributed by atoms with Gasteiger partial charge in [0.1, 0.15) is 24.2 Å². The quantitative estimate of drug-likeness (QED) is 0.0615. The first-order valence-electron chi connectivity index (χ1n) is 13.2. The van der Waals surface area contributed by atoms with Gasteiger partial charge in [-0.3, -0.25) is 43.2 Å². The third-order valence-electron chi connectivity index (χ3n) is 5.79. The Morgan fingerprint density at radius 3 is 1.67 bits per heavy atom. The summed E-state index contributed by atoms with van der Waals surface area (Å²) in [6.45, 7) is 3.91. The van der Waals surface area contributed by atoms with Crippen molar-refractivity contribution in [1.82, 2.24) is 26.6 Å². The Kier molecular flexibility index (Phi) is 16.5.